The van der Waals surface area contributed by atoms with Gasteiger partial charge < -0.3 is 4.74 Å². The van der Waals surface area contributed by atoms with Crippen LogP contribution in [0.4, 0.5) is 0 Å². The second-order valence-corrected chi connectivity index (χ2v) is 2.54. The van der Waals surface area contributed by atoms with Crippen LogP contribution in [0.15, 0.2) is 17.5 Å². The molecule has 0 unspecified atom stereocenters. The standard InChI is InChI=1S/C6H7NOS/c7-5-8-4-6-2-1-3-9-6/h1-3,5,7H,4H2. The molecule has 1 aromatic rings. The van der Waals surface area contributed by atoms with Gasteiger partial charge in [-0.2, -0.15) is 0 Å². The van der Waals surface area contributed by atoms with E-state index in [2.05, 4.69) is 0 Å². The first-order chi connectivity index (χ1) is 4.43. The summed E-state index contributed by atoms with van der Waals surface area (Å²) in [5.74, 6) is 0. The van der Waals surface area contributed by atoms with E-state index in [4.69, 9.17) is 10.1 Å². The van der Waals surface area contributed by atoms with E-state index in [1.165, 1.54) is 0 Å². The average Bonchev–Trinajstić information content (AvgIpc) is 2.34. The van der Waals surface area contributed by atoms with Gasteiger partial charge in [-0.25, -0.2) is 0 Å². The molecule has 1 rings (SSSR count). The molecule has 0 radical (unpaired) electrons. The Bertz CT molecular complexity index is 171. The highest BCUT2D eigenvalue weighted by Gasteiger charge is 1.88. The number of ether oxygens (including phenoxy) is 1. The predicted octanol–water partition coefficient (Wildman–Crippen LogP) is 1.87. The van der Waals surface area contributed by atoms with Gasteiger partial charge in [0.15, 0.2) is 6.40 Å². The number of hydrogen-bond donors (Lipinski definition) is 1. The molecule has 3 heteroatoms. The third kappa shape index (κ3) is 1.85. The SMILES string of the molecule is N=COCc1cccs1. The topological polar surface area (TPSA) is 33.1 Å². The van der Waals surface area contributed by atoms with Crippen LogP contribution in [0.25, 0.3) is 0 Å². The lowest BCUT2D eigenvalue weighted by atomic mass is 10.5. The van der Waals surface area contributed by atoms with E-state index in [-0.39, 0.29) is 0 Å². The van der Waals surface area contributed by atoms with Gasteiger partial charge in [0.1, 0.15) is 6.61 Å². The molecular formula is C6H7NOS. The predicted molar refractivity (Wildman–Crippen MR) is 37.9 cm³/mol. The van der Waals surface area contributed by atoms with Crippen LogP contribution in [0.1, 0.15) is 4.88 Å². The molecule has 48 valence electrons. The minimum atomic E-state index is 0.529. The first-order valence-electron chi connectivity index (χ1n) is 2.56. The molecule has 0 aliphatic carbocycles. The second kappa shape index (κ2) is 3.25. The van der Waals surface area contributed by atoms with Gasteiger partial charge in [0.05, 0.1) is 0 Å². The molecule has 0 saturated heterocycles. The van der Waals surface area contributed by atoms with Crippen molar-refractivity contribution in [2.75, 3.05) is 0 Å². The third-order valence-electron chi connectivity index (χ3n) is 0.889. The lowest BCUT2D eigenvalue weighted by molar-refractivity contribution is 0.309. The fourth-order valence-electron chi connectivity index (χ4n) is 0.519. The minimum Gasteiger partial charge on any atom is -0.478 e. The molecule has 0 amide bonds. The lowest BCUT2D eigenvalue weighted by Crippen LogP contribution is -1.83. The number of rotatable bonds is 3. The van der Waals surface area contributed by atoms with Gasteiger partial charge in [0.2, 0.25) is 0 Å². The van der Waals surface area contributed by atoms with Crippen molar-refractivity contribution in [1.29, 1.82) is 5.41 Å². The summed E-state index contributed by atoms with van der Waals surface area (Å²) in [5, 5.41) is 8.55. The van der Waals surface area contributed by atoms with Crippen LogP contribution in [0.3, 0.4) is 0 Å². The zero-order valence-electron chi connectivity index (χ0n) is 4.83. The Kier molecular flexibility index (Phi) is 2.27. The number of hydrogen-bond acceptors (Lipinski definition) is 3. The molecule has 1 N–H and O–H groups in total. The van der Waals surface area contributed by atoms with Crippen molar-refractivity contribution in [2.45, 2.75) is 6.61 Å². The molecule has 2 nitrogen and oxygen atoms in total. The monoisotopic (exact) mass is 141 g/mol. The Labute approximate surface area is 57.6 Å². The van der Waals surface area contributed by atoms with Gasteiger partial charge in [-0.1, -0.05) is 6.07 Å². The molecule has 0 fully saturated rings. The lowest BCUT2D eigenvalue weighted by Gasteiger charge is -1.92. The maximum Gasteiger partial charge on any atom is 0.167 e. The maximum absolute atomic E-state index is 6.56. The first kappa shape index (κ1) is 6.29. The molecule has 0 aliphatic heterocycles. The molecular weight excluding hydrogens is 134 g/mol. The molecule has 0 aromatic carbocycles. The summed E-state index contributed by atoms with van der Waals surface area (Å²) in [5.41, 5.74) is 0. The summed E-state index contributed by atoms with van der Waals surface area (Å²) in [6.07, 6.45) is 0.958. The summed E-state index contributed by atoms with van der Waals surface area (Å²) >= 11 is 1.63. The van der Waals surface area contributed by atoms with Gasteiger partial charge in [-0.15, -0.1) is 11.3 Å². The maximum atomic E-state index is 6.56. The minimum absolute atomic E-state index is 0.529. The normalized spacial score (nSPS) is 8.89. The fourth-order valence-corrected chi connectivity index (χ4v) is 1.14. The van der Waals surface area contributed by atoms with Gasteiger partial charge in [0.25, 0.3) is 0 Å². The van der Waals surface area contributed by atoms with Crippen LogP contribution in [0, 0.1) is 5.41 Å². The summed E-state index contributed by atoms with van der Waals surface area (Å²) in [6.45, 7) is 0.529. The van der Waals surface area contributed by atoms with Crippen molar-refractivity contribution in [2.24, 2.45) is 0 Å². The zero-order valence-corrected chi connectivity index (χ0v) is 5.65. The van der Waals surface area contributed by atoms with Gasteiger partial charge in [0, 0.05) is 4.88 Å². The van der Waals surface area contributed by atoms with Crippen molar-refractivity contribution in [1.82, 2.24) is 0 Å². The summed E-state index contributed by atoms with van der Waals surface area (Å²) in [6, 6.07) is 3.95. The van der Waals surface area contributed by atoms with Crippen molar-refractivity contribution in [3.63, 3.8) is 0 Å². The van der Waals surface area contributed by atoms with Crippen LogP contribution in [-0.4, -0.2) is 6.40 Å². The average molecular weight is 141 g/mol. The summed E-state index contributed by atoms with van der Waals surface area (Å²) in [7, 11) is 0. The molecule has 0 spiro atoms. The Morgan fingerprint density at radius 2 is 2.67 bits per heavy atom. The highest BCUT2D eigenvalue weighted by atomic mass is 32.1. The van der Waals surface area contributed by atoms with Crippen LogP contribution in [0.2, 0.25) is 0 Å². The Morgan fingerprint density at radius 3 is 3.22 bits per heavy atom. The summed E-state index contributed by atoms with van der Waals surface area (Å²) in [4.78, 5) is 1.15. The highest BCUT2D eigenvalue weighted by Crippen LogP contribution is 2.08. The fraction of sp³-hybridized carbons (Fsp3) is 0.167. The van der Waals surface area contributed by atoms with E-state index in [1.54, 1.807) is 11.3 Å². The largest absolute Gasteiger partial charge is 0.478 e. The molecule has 0 aliphatic rings. The molecule has 1 aromatic heterocycles. The van der Waals surface area contributed by atoms with Crippen molar-refractivity contribution in [3.05, 3.63) is 22.4 Å². The Hall–Kier alpha value is -0.830. The molecule has 9 heavy (non-hydrogen) atoms. The second-order valence-electron chi connectivity index (χ2n) is 1.51. The van der Waals surface area contributed by atoms with Gasteiger partial charge in [-0.3, -0.25) is 5.41 Å². The van der Waals surface area contributed by atoms with E-state index in [0.29, 0.717) is 6.61 Å². The van der Waals surface area contributed by atoms with Gasteiger partial charge >= 0.3 is 0 Å². The van der Waals surface area contributed by atoms with E-state index >= 15 is 0 Å². The number of thiophene rings is 1. The van der Waals surface area contributed by atoms with Crippen molar-refractivity contribution >= 4 is 17.7 Å². The molecule has 0 atom stereocenters. The van der Waals surface area contributed by atoms with Crippen LogP contribution in [-0.2, 0) is 11.3 Å². The van der Waals surface area contributed by atoms with Crippen LogP contribution in [0.5, 0.6) is 0 Å². The molecule has 0 bridgehead atoms. The van der Waals surface area contributed by atoms with Crippen LogP contribution < -0.4 is 0 Å². The first-order valence-corrected chi connectivity index (χ1v) is 3.44. The van der Waals surface area contributed by atoms with Crippen molar-refractivity contribution < 1.29 is 4.74 Å². The van der Waals surface area contributed by atoms with Gasteiger partial charge in [-0.05, 0) is 11.4 Å². The van der Waals surface area contributed by atoms with E-state index in [1.807, 2.05) is 17.5 Å². The highest BCUT2D eigenvalue weighted by molar-refractivity contribution is 7.09. The quantitative estimate of drug-likeness (QED) is 0.506. The van der Waals surface area contributed by atoms with E-state index in [0.717, 1.165) is 11.3 Å². The number of nitrogens with one attached hydrogen (secondary N) is 1. The smallest absolute Gasteiger partial charge is 0.167 e. The Balaban J connectivity index is 2.38. The van der Waals surface area contributed by atoms with E-state index < -0.39 is 0 Å². The molecule has 1 heterocycles. The van der Waals surface area contributed by atoms with E-state index in [9.17, 15) is 0 Å². The molecule has 0 saturated carbocycles. The van der Waals surface area contributed by atoms with Crippen molar-refractivity contribution in [3.8, 4) is 0 Å². The Morgan fingerprint density at radius 1 is 1.78 bits per heavy atom. The zero-order chi connectivity index (χ0) is 6.53. The summed E-state index contributed by atoms with van der Waals surface area (Å²) < 4.78 is 4.73. The third-order valence-corrected chi connectivity index (χ3v) is 1.74. The van der Waals surface area contributed by atoms with Crippen LogP contribution >= 0.6 is 11.3 Å².